The van der Waals surface area contributed by atoms with Gasteiger partial charge in [-0.1, -0.05) is 39.3 Å². The van der Waals surface area contributed by atoms with E-state index in [1.165, 1.54) is 13.8 Å². The number of fused-ring (bicyclic) bond motifs is 5. The summed E-state index contributed by atoms with van der Waals surface area (Å²) in [7, 11) is 0. The summed E-state index contributed by atoms with van der Waals surface area (Å²) in [4.78, 5) is 38.2. The van der Waals surface area contributed by atoms with Crippen LogP contribution in [0.4, 0.5) is 0 Å². The Hall–Kier alpha value is -1.19. The molecule has 0 aromatic carbocycles. The number of hydrogen-bond donors (Lipinski definition) is 3. The molecule has 238 valence electrons. The molecule has 4 saturated carbocycles. The fraction of sp³-hybridized carbons (Fsp3) is 0.794. The number of aliphatic hydroxyl groups excluding tert-OH is 2. The zero-order valence-corrected chi connectivity index (χ0v) is 29.7. The number of aliphatic hydroxyl groups is 2. The molecule has 0 saturated heterocycles. The number of rotatable bonds is 7. The average Bonchev–Trinajstić information content (AvgIpc) is 3.15. The van der Waals surface area contributed by atoms with Gasteiger partial charge in [0.25, 0.3) is 0 Å². The van der Waals surface area contributed by atoms with Crippen molar-refractivity contribution in [1.29, 1.82) is 0 Å². The summed E-state index contributed by atoms with van der Waals surface area (Å²) in [5.74, 6) is -2.14. The van der Waals surface area contributed by atoms with Gasteiger partial charge >= 0.3 is 47.5 Å². The van der Waals surface area contributed by atoms with Crippen LogP contribution in [0.5, 0.6) is 0 Å². The largest absolute Gasteiger partial charge is 1.00 e. The Balaban J connectivity index is 0.00000337. The Morgan fingerprint density at radius 2 is 1.72 bits per heavy atom. The van der Waals surface area contributed by atoms with Crippen LogP contribution in [-0.2, 0) is 23.9 Å². The van der Waals surface area contributed by atoms with Crippen molar-refractivity contribution in [2.24, 2.45) is 39.9 Å². The molecule has 4 aliphatic carbocycles. The van der Waals surface area contributed by atoms with E-state index in [1.807, 2.05) is 19.9 Å². The quantitative estimate of drug-likeness (QED) is 0.173. The molecule has 0 amide bonds. The molecule has 0 aromatic heterocycles. The third-order valence-electron chi connectivity index (χ3n) is 12.2. The van der Waals surface area contributed by atoms with Crippen LogP contribution in [0.25, 0.3) is 0 Å². The molecular weight excluding hydrogens is 559 g/mol. The second-order valence-electron chi connectivity index (χ2n) is 14.7. The van der Waals surface area contributed by atoms with Gasteiger partial charge in [-0.2, -0.15) is 0 Å². The predicted molar refractivity (Wildman–Crippen MR) is 159 cm³/mol. The Kier molecular flexibility index (Phi) is 11.2. The van der Waals surface area contributed by atoms with E-state index >= 15 is 0 Å². The molecule has 1 unspecified atom stereocenters. The normalized spacial score (nSPS) is 41.8. The van der Waals surface area contributed by atoms with Gasteiger partial charge in [0.2, 0.25) is 0 Å². The van der Waals surface area contributed by atoms with Crippen molar-refractivity contribution in [2.75, 3.05) is 0 Å². The third-order valence-corrected chi connectivity index (χ3v) is 12.2. The second-order valence-corrected chi connectivity index (χ2v) is 14.7. The summed E-state index contributed by atoms with van der Waals surface area (Å²) in [5, 5.41) is 31.5. The molecule has 4 aliphatic rings. The first-order valence-electron chi connectivity index (χ1n) is 15.8. The van der Waals surface area contributed by atoms with Gasteiger partial charge in [-0.25, -0.2) is 9.59 Å². The van der Waals surface area contributed by atoms with E-state index in [4.69, 9.17) is 9.47 Å². The van der Waals surface area contributed by atoms with Crippen LogP contribution in [0.1, 0.15) is 108 Å². The molecule has 4 rings (SSSR count). The van der Waals surface area contributed by atoms with E-state index in [-0.39, 0.29) is 77.2 Å². The van der Waals surface area contributed by atoms with Gasteiger partial charge in [-0.05, 0) is 112 Å². The monoisotopic (exact) mass is 612 g/mol. The minimum atomic E-state index is -1.28. The molecule has 0 bridgehead atoms. The zero-order chi connectivity index (χ0) is 31.4. The van der Waals surface area contributed by atoms with Crippen molar-refractivity contribution in [3.8, 4) is 0 Å². The summed E-state index contributed by atoms with van der Waals surface area (Å²) in [6.07, 6.45) is 4.13. The van der Waals surface area contributed by atoms with Gasteiger partial charge < -0.3 is 26.2 Å². The van der Waals surface area contributed by atoms with Gasteiger partial charge in [0, 0.05) is 18.4 Å². The summed E-state index contributed by atoms with van der Waals surface area (Å²) in [6.45, 7) is 15.6. The summed E-state index contributed by atoms with van der Waals surface area (Å²) in [6, 6.07) is 0. The molecule has 0 heterocycles. The molecular formula is C34H53NaO8. The topological polar surface area (TPSA) is 130 Å². The van der Waals surface area contributed by atoms with E-state index in [2.05, 4.69) is 27.7 Å². The molecule has 3 N–H and O–H groups in total. The Morgan fingerprint density at radius 3 is 2.28 bits per heavy atom. The van der Waals surface area contributed by atoms with E-state index in [1.54, 1.807) is 0 Å². The smallest absolute Gasteiger partial charge is 1.00 e. The molecule has 0 radical (unpaired) electrons. The maximum atomic E-state index is 13.0. The van der Waals surface area contributed by atoms with Gasteiger partial charge in [0.1, 0.15) is 18.3 Å². The Labute approximate surface area is 280 Å². The van der Waals surface area contributed by atoms with E-state index in [0.29, 0.717) is 37.7 Å². The van der Waals surface area contributed by atoms with Crippen molar-refractivity contribution in [2.45, 2.75) is 131 Å². The van der Waals surface area contributed by atoms with Crippen LogP contribution in [0.2, 0.25) is 0 Å². The molecule has 0 aliphatic heterocycles. The summed E-state index contributed by atoms with van der Waals surface area (Å²) < 4.78 is 12.1. The number of carbonyl (C=O) groups is 3. The fourth-order valence-electron chi connectivity index (χ4n) is 10.1. The predicted octanol–water partition coefficient (Wildman–Crippen LogP) is 2.71. The third kappa shape index (κ3) is 6.30. The summed E-state index contributed by atoms with van der Waals surface area (Å²) >= 11 is 0. The summed E-state index contributed by atoms with van der Waals surface area (Å²) in [5.41, 5.74) is 1.00. The zero-order valence-electron chi connectivity index (χ0n) is 28.7. The Morgan fingerprint density at radius 1 is 1.07 bits per heavy atom. The maximum absolute atomic E-state index is 13.0. The first-order valence-corrected chi connectivity index (χ1v) is 15.8. The number of hydrogen-bond acceptors (Lipinski definition) is 7. The van der Waals surface area contributed by atoms with Crippen LogP contribution in [0, 0.1) is 39.9 Å². The molecule has 0 spiro atoms. The van der Waals surface area contributed by atoms with E-state index < -0.39 is 41.6 Å². The van der Waals surface area contributed by atoms with Crippen LogP contribution < -0.4 is 29.6 Å². The SMILES string of the molecule is CC(=O)O[C@H]1C[C@@]2(C)[C@@H](C[C@@H](OC(=O)C(C)O)[C@H]3[C@@]4(C)CC[C@@H](O)[C@@H](C)[C@@H]4CC[C@@]32C)/C1=C(\CCC=C(C)C)C(=O)O.[H-].[Na+]. The molecule has 11 atom stereocenters. The Bertz CT molecular complexity index is 1160. The first kappa shape index (κ1) is 36.3. The average molecular weight is 613 g/mol. The minimum absolute atomic E-state index is 0. The van der Waals surface area contributed by atoms with Crippen molar-refractivity contribution in [1.82, 2.24) is 0 Å². The molecule has 43 heavy (non-hydrogen) atoms. The van der Waals surface area contributed by atoms with Crippen molar-refractivity contribution < 1.29 is 70.2 Å². The van der Waals surface area contributed by atoms with Gasteiger partial charge in [-0.15, -0.1) is 0 Å². The van der Waals surface area contributed by atoms with Crippen LogP contribution in [-0.4, -0.2) is 57.6 Å². The number of allylic oxidation sites excluding steroid dienone is 2. The van der Waals surface area contributed by atoms with Crippen molar-refractivity contribution in [3.05, 3.63) is 22.8 Å². The van der Waals surface area contributed by atoms with Crippen LogP contribution in [0.3, 0.4) is 0 Å². The fourth-order valence-corrected chi connectivity index (χ4v) is 10.1. The number of aliphatic carboxylic acids is 1. The van der Waals surface area contributed by atoms with E-state index in [9.17, 15) is 29.7 Å². The van der Waals surface area contributed by atoms with Crippen LogP contribution in [0.15, 0.2) is 22.8 Å². The van der Waals surface area contributed by atoms with E-state index in [0.717, 1.165) is 24.8 Å². The minimum Gasteiger partial charge on any atom is -1.00 e. The number of carboxylic acids is 1. The second kappa shape index (κ2) is 13.3. The van der Waals surface area contributed by atoms with Crippen molar-refractivity contribution >= 4 is 17.9 Å². The number of carbonyl (C=O) groups excluding carboxylic acids is 2. The molecule has 4 fully saturated rings. The maximum Gasteiger partial charge on any atom is 1.00 e. The molecule has 0 aromatic rings. The molecule has 9 heteroatoms. The number of esters is 2. The number of ether oxygens (including phenoxy) is 2. The molecule has 8 nitrogen and oxygen atoms in total. The van der Waals surface area contributed by atoms with Crippen LogP contribution >= 0.6 is 0 Å². The van der Waals surface area contributed by atoms with Gasteiger partial charge in [-0.3, -0.25) is 4.79 Å². The number of carboxylic acid groups (broad SMARTS) is 1. The first-order chi connectivity index (χ1) is 19.5. The van der Waals surface area contributed by atoms with Crippen molar-refractivity contribution in [3.63, 3.8) is 0 Å². The van der Waals surface area contributed by atoms with Gasteiger partial charge in [0.05, 0.1) is 6.10 Å². The standard InChI is InChI=1S/C34H52O8.Na.H/c1-18(2)10-9-11-22(30(38)39)28-24-16-26(42-31(40)20(4)35)29-32(6)14-13-25(37)19(3)23(32)12-15-33(29,7)34(24,8)17-27(28)41-21(5)36;;/h10,19-20,23-27,29,35,37H,9,11-17H2,1-8H3,(H,38,39);;/q;+1;-1/b28-22-;;/t19-,20?,23-,24-,25+,26+,27-,29-,32-,33-,34-;;/m0../s1. The van der Waals surface area contributed by atoms with Gasteiger partial charge in [0.15, 0.2) is 0 Å².